The van der Waals surface area contributed by atoms with Gasteiger partial charge < -0.3 is 5.32 Å². The van der Waals surface area contributed by atoms with Crippen LogP contribution in [0.4, 0.5) is 10.1 Å². The lowest BCUT2D eigenvalue weighted by Crippen LogP contribution is -2.11. The van der Waals surface area contributed by atoms with Crippen molar-refractivity contribution in [1.29, 1.82) is 0 Å². The number of halogens is 1. The summed E-state index contributed by atoms with van der Waals surface area (Å²) in [5.41, 5.74) is 3.25. The summed E-state index contributed by atoms with van der Waals surface area (Å²) in [5, 5.41) is 3.51. The summed E-state index contributed by atoms with van der Waals surface area (Å²) in [6, 6.07) is 9.02. The van der Waals surface area contributed by atoms with Gasteiger partial charge in [-0.3, -0.25) is 4.98 Å². The zero-order valence-electron chi connectivity index (χ0n) is 12.1. The molecule has 1 unspecified atom stereocenters. The first-order valence-electron chi connectivity index (χ1n) is 7.12. The largest absolute Gasteiger partial charge is 0.377 e. The van der Waals surface area contributed by atoms with Gasteiger partial charge in [0.2, 0.25) is 0 Å². The van der Waals surface area contributed by atoms with Crippen LogP contribution < -0.4 is 5.32 Å². The summed E-state index contributed by atoms with van der Waals surface area (Å²) >= 11 is 0. The highest BCUT2D eigenvalue weighted by atomic mass is 19.1. The van der Waals surface area contributed by atoms with E-state index in [-0.39, 0.29) is 11.9 Å². The minimum Gasteiger partial charge on any atom is -0.377 e. The van der Waals surface area contributed by atoms with Crippen molar-refractivity contribution in [2.45, 2.75) is 39.2 Å². The van der Waals surface area contributed by atoms with E-state index in [2.05, 4.69) is 23.3 Å². The number of anilines is 1. The molecule has 1 atom stereocenters. The molecule has 2 nitrogen and oxygen atoms in total. The van der Waals surface area contributed by atoms with Crippen LogP contribution in [0.25, 0.3) is 0 Å². The Morgan fingerprint density at radius 2 is 1.95 bits per heavy atom. The van der Waals surface area contributed by atoms with Gasteiger partial charge in [-0.25, -0.2) is 4.39 Å². The molecule has 1 heterocycles. The van der Waals surface area contributed by atoms with Gasteiger partial charge in [-0.2, -0.15) is 0 Å². The average molecular weight is 272 g/mol. The number of nitrogens with zero attached hydrogens (tertiary/aromatic N) is 1. The molecule has 2 rings (SSSR count). The zero-order chi connectivity index (χ0) is 14.4. The molecule has 20 heavy (non-hydrogen) atoms. The minimum absolute atomic E-state index is 0.194. The van der Waals surface area contributed by atoms with Gasteiger partial charge in [-0.05, 0) is 42.7 Å². The fourth-order valence-corrected chi connectivity index (χ4v) is 2.26. The fraction of sp³-hybridized carbons (Fsp3) is 0.353. The summed E-state index contributed by atoms with van der Waals surface area (Å²) in [6.07, 6.45) is 6.97. The van der Waals surface area contributed by atoms with E-state index in [1.165, 1.54) is 12.1 Å². The van der Waals surface area contributed by atoms with Gasteiger partial charge in [0, 0.05) is 12.4 Å². The van der Waals surface area contributed by atoms with Crippen molar-refractivity contribution in [1.82, 2.24) is 4.98 Å². The number of aromatic nitrogens is 1. The highest BCUT2D eigenvalue weighted by Gasteiger charge is 2.11. The maximum atomic E-state index is 13.1. The highest BCUT2D eigenvalue weighted by Crippen LogP contribution is 2.25. The average Bonchev–Trinajstić information content (AvgIpc) is 2.44. The molecule has 0 aliphatic carbocycles. The smallest absolute Gasteiger partial charge is 0.123 e. The second-order valence-corrected chi connectivity index (χ2v) is 5.14. The molecule has 0 fully saturated rings. The first kappa shape index (κ1) is 14.5. The maximum Gasteiger partial charge on any atom is 0.123 e. The van der Waals surface area contributed by atoms with Gasteiger partial charge in [-0.15, -0.1) is 0 Å². The first-order chi connectivity index (χ1) is 9.69. The molecule has 0 bridgehead atoms. The number of unbranched alkanes of at least 4 members (excludes halogenated alkanes) is 1. The van der Waals surface area contributed by atoms with Gasteiger partial charge in [0.05, 0.1) is 11.7 Å². The van der Waals surface area contributed by atoms with Crippen LogP contribution in [-0.2, 0) is 0 Å². The van der Waals surface area contributed by atoms with Gasteiger partial charge in [0.1, 0.15) is 5.82 Å². The molecular formula is C17H21FN2. The second kappa shape index (κ2) is 7.04. The molecule has 0 spiro atoms. The highest BCUT2D eigenvalue weighted by molar-refractivity contribution is 5.45. The molecule has 3 heteroatoms. The van der Waals surface area contributed by atoms with Crippen molar-refractivity contribution in [3.63, 3.8) is 0 Å². The molecule has 1 N–H and O–H groups in total. The van der Waals surface area contributed by atoms with Crippen LogP contribution in [0.3, 0.4) is 0 Å². The monoisotopic (exact) mass is 272 g/mol. The Morgan fingerprint density at radius 1 is 1.20 bits per heavy atom. The molecule has 2 aromatic rings. The standard InChI is InChI=1S/C17H21FN2/c1-3-4-5-17(14-6-8-15(18)9-7-14)20-16-10-13(2)11-19-12-16/h6-12,17,20H,3-5H2,1-2H3. The third-order valence-corrected chi connectivity index (χ3v) is 3.33. The topological polar surface area (TPSA) is 24.9 Å². The lowest BCUT2D eigenvalue weighted by Gasteiger charge is -2.20. The second-order valence-electron chi connectivity index (χ2n) is 5.14. The Balaban J connectivity index is 2.16. The number of benzene rings is 1. The normalized spacial score (nSPS) is 12.2. The summed E-state index contributed by atoms with van der Waals surface area (Å²) in [6.45, 7) is 4.20. The van der Waals surface area contributed by atoms with Crippen molar-refractivity contribution in [3.8, 4) is 0 Å². The molecule has 106 valence electrons. The van der Waals surface area contributed by atoms with Crippen LogP contribution in [0.1, 0.15) is 43.4 Å². The number of hydrogen-bond acceptors (Lipinski definition) is 2. The number of hydrogen-bond donors (Lipinski definition) is 1. The Kier molecular flexibility index (Phi) is 5.10. The Morgan fingerprint density at radius 3 is 2.60 bits per heavy atom. The van der Waals surface area contributed by atoms with E-state index in [1.54, 1.807) is 0 Å². The van der Waals surface area contributed by atoms with Crippen molar-refractivity contribution in [3.05, 3.63) is 59.7 Å². The quantitative estimate of drug-likeness (QED) is 0.811. The third kappa shape index (κ3) is 4.05. The molecule has 1 aromatic carbocycles. The number of rotatable bonds is 6. The number of nitrogens with one attached hydrogen (secondary N) is 1. The van der Waals surface area contributed by atoms with Crippen LogP contribution in [-0.4, -0.2) is 4.98 Å². The Labute approximate surface area is 120 Å². The summed E-state index contributed by atoms with van der Waals surface area (Å²) in [4.78, 5) is 4.20. The summed E-state index contributed by atoms with van der Waals surface area (Å²) < 4.78 is 13.1. The van der Waals surface area contributed by atoms with Gasteiger partial charge in [-0.1, -0.05) is 31.9 Å². The predicted octanol–water partition coefficient (Wildman–Crippen LogP) is 4.87. The number of aryl methyl sites for hydroxylation is 1. The van der Waals surface area contributed by atoms with E-state index in [4.69, 9.17) is 0 Å². The molecule has 0 amide bonds. The van der Waals surface area contributed by atoms with E-state index in [9.17, 15) is 4.39 Å². The van der Waals surface area contributed by atoms with E-state index in [1.807, 2.05) is 31.5 Å². The van der Waals surface area contributed by atoms with Crippen molar-refractivity contribution in [2.24, 2.45) is 0 Å². The zero-order valence-corrected chi connectivity index (χ0v) is 12.1. The minimum atomic E-state index is -0.194. The van der Waals surface area contributed by atoms with Crippen molar-refractivity contribution in [2.75, 3.05) is 5.32 Å². The molecule has 1 aromatic heterocycles. The Bertz CT molecular complexity index is 537. The lowest BCUT2D eigenvalue weighted by atomic mass is 10.0. The van der Waals surface area contributed by atoms with E-state index < -0.39 is 0 Å². The molecule has 0 aliphatic heterocycles. The van der Waals surface area contributed by atoms with Crippen LogP contribution in [0.15, 0.2) is 42.7 Å². The van der Waals surface area contributed by atoms with E-state index in [0.717, 1.165) is 36.1 Å². The van der Waals surface area contributed by atoms with Crippen molar-refractivity contribution >= 4 is 5.69 Å². The van der Waals surface area contributed by atoms with Gasteiger partial charge in [0.25, 0.3) is 0 Å². The van der Waals surface area contributed by atoms with E-state index in [0.29, 0.717) is 0 Å². The lowest BCUT2D eigenvalue weighted by molar-refractivity contribution is 0.616. The molecule has 0 saturated heterocycles. The third-order valence-electron chi connectivity index (χ3n) is 3.33. The Hall–Kier alpha value is -1.90. The van der Waals surface area contributed by atoms with Crippen LogP contribution in [0, 0.1) is 12.7 Å². The van der Waals surface area contributed by atoms with Crippen LogP contribution in [0.5, 0.6) is 0 Å². The maximum absolute atomic E-state index is 13.1. The first-order valence-corrected chi connectivity index (χ1v) is 7.12. The van der Waals surface area contributed by atoms with Gasteiger partial charge in [0.15, 0.2) is 0 Å². The van der Waals surface area contributed by atoms with Crippen LogP contribution >= 0.6 is 0 Å². The summed E-state index contributed by atoms with van der Waals surface area (Å²) in [7, 11) is 0. The molecule has 0 saturated carbocycles. The summed E-state index contributed by atoms with van der Waals surface area (Å²) in [5.74, 6) is -0.194. The van der Waals surface area contributed by atoms with E-state index >= 15 is 0 Å². The molecule has 0 radical (unpaired) electrons. The fourth-order valence-electron chi connectivity index (χ4n) is 2.26. The number of pyridine rings is 1. The van der Waals surface area contributed by atoms with Crippen molar-refractivity contribution < 1.29 is 4.39 Å². The predicted molar refractivity (Wildman–Crippen MR) is 81.3 cm³/mol. The van der Waals surface area contributed by atoms with Gasteiger partial charge >= 0.3 is 0 Å². The van der Waals surface area contributed by atoms with Crippen LogP contribution in [0.2, 0.25) is 0 Å². The molecule has 0 aliphatic rings. The molecular weight excluding hydrogens is 251 g/mol. The SMILES string of the molecule is CCCCC(Nc1cncc(C)c1)c1ccc(F)cc1.